The van der Waals surface area contributed by atoms with Gasteiger partial charge in [-0.25, -0.2) is 9.97 Å². The predicted molar refractivity (Wildman–Crippen MR) is 121 cm³/mol. The second-order valence-electron chi connectivity index (χ2n) is 8.06. The molecule has 1 aliphatic carbocycles. The van der Waals surface area contributed by atoms with Crippen molar-refractivity contribution in [1.29, 1.82) is 5.26 Å². The minimum absolute atomic E-state index is 0.0201. The molecule has 0 saturated heterocycles. The number of nitrogens with one attached hydrogen (secondary N) is 1. The van der Waals surface area contributed by atoms with Crippen molar-refractivity contribution >= 4 is 5.91 Å². The third kappa shape index (κ3) is 5.50. The molecule has 0 aliphatic heterocycles. The zero-order valence-corrected chi connectivity index (χ0v) is 17.9. The Bertz CT molecular complexity index is 1020. The minimum Gasteiger partial charge on any atom is -0.472 e. The van der Waals surface area contributed by atoms with Gasteiger partial charge in [0.25, 0.3) is 5.88 Å². The molecule has 1 N–H and O–H groups in total. The lowest BCUT2D eigenvalue weighted by molar-refractivity contribution is -0.122. The number of nitrogens with zero attached hydrogens (tertiary/aromatic N) is 3. The summed E-state index contributed by atoms with van der Waals surface area (Å²) in [5.74, 6) is 0.377. The van der Waals surface area contributed by atoms with Crippen LogP contribution in [0.1, 0.15) is 54.8 Å². The molecule has 3 aromatic rings. The summed E-state index contributed by atoms with van der Waals surface area (Å²) in [5.41, 5.74) is 2.49. The van der Waals surface area contributed by atoms with Crippen LogP contribution in [-0.4, -0.2) is 28.0 Å². The van der Waals surface area contributed by atoms with E-state index >= 15 is 0 Å². The molecule has 2 aromatic carbocycles. The highest BCUT2D eigenvalue weighted by molar-refractivity contribution is 5.78. The van der Waals surface area contributed by atoms with Crippen LogP contribution in [0.2, 0.25) is 0 Å². The van der Waals surface area contributed by atoms with Gasteiger partial charge in [0.1, 0.15) is 12.2 Å². The number of rotatable bonds is 7. The smallest absolute Gasteiger partial charge is 0.251 e. The Morgan fingerprint density at radius 2 is 1.56 bits per heavy atom. The van der Waals surface area contributed by atoms with E-state index in [-0.39, 0.29) is 35.5 Å². The monoisotopic (exact) mass is 426 g/mol. The number of aromatic nitrogens is 2. The van der Waals surface area contributed by atoms with E-state index in [0.29, 0.717) is 6.42 Å². The molecule has 1 heterocycles. The fourth-order valence-electron chi connectivity index (χ4n) is 4.24. The van der Waals surface area contributed by atoms with Crippen LogP contribution in [0.3, 0.4) is 0 Å². The van der Waals surface area contributed by atoms with Crippen LogP contribution in [0.25, 0.3) is 0 Å². The van der Waals surface area contributed by atoms with Crippen molar-refractivity contribution in [2.75, 3.05) is 0 Å². The lowest BCUT2D eigenvalue weighted by Crippen LogP contribution is -2.40. The molecule has 0 atom stereocenters. The number of carbonyl (C=O) groups excluding carboxylic acids is 1. The maximum atomic E-state index is 12.9. The van der Waals surface area contributed by atoms with Crippen LogP contribution in [0.5, 0.6) is 5.88 Å². The summed E-state index contributed by atoms with van der Waals surface area (Å²) >= 11 is 0. The fraction of sp³-hybridized carbons (Fsp3) is 0.308. The van der Waals surface area contributed by atoms with Crippen LogP contribution >= 0.6 is 0 Å². The Hall–Kier alpha value is -3.72. The first kappa shape index (κ1) is 21.5. The van der Waals surface area contributed by atoms with Gasteiger partial charge in [0.05, 0.1) is 0 Å². The molecule has 4 rings (SSSR count). The molecule has 0 bridgehead atoms. The lowest BCUT2D eigenvalue weighted by Gasteiger charge is -2.29. The lowest BCUT2D eigenvalue weighted by atomic mass is 9.87. The molecule has 1 amide bonds. The summed E-state index contributed by atoms with van der Waals surface area (Å²) in [6, 6.07) is 22.5. The van der Waals surface area contributed by atoms with Crippen LogP contribution < -0.4 is 10.1 Å². The van der Waals surface area contributed by atoms with Crippen molar-refractivity contribution in [3.8, 4) is 11.9 Å². The number of amides is 1. The van der Waals surface area contributed by atoms with E-state index in [1.165, 1.54) is 12.4 Å². The number of benzene rings is 2. The van der Waals surface area contributed by atoms with Gasteiger partial charge in [0.2, 0.25) is 11.6 Å². The van der Waals surface area contributed by atoms with E-state index in [2.05, 4.69) is 39.6 Å². The molecule has 32 heavy (non-hydrogen) atoms. The zero-order valence-electron chi connectivity index (χ0n) is 17.9. The number of hydrogen-bond acceptors (Lipinski definition) is 5. The maximum Gasteiger partial charge on any atom is 0.251 e. The minimum atomic E-state index is -0.0201. The SMILES string of the molecule is N#Cc1nccnc1OC1CCC(NC(=O)CC(c2ccccc2)c2ccccc2)CC1. The van der Waals surface area contributed by atoms with Gasteiger partial charge >= 0.3 is 0 Å². The highest BCUT2D eigenvalue weighted by atomic mass is 16.5. The summed E-state index contributed by atoms with van der Waals surface area (Å²) in [4.78, 5) is 21.0. The van der Waals surface area contributed by atoms with Crippen LogP contribution in [0, 0.1) is 11.3 Å². The standard InChI is InChI=1S/C26H26N4O2/c27-18-24-26(29-16-15-28-24)32-22-13-11-21(12-14-22)30-25(31)17-23(19-7-3-1-4-8-19)20-9-5-2-6-10-20/h1-10,15-16,21-23H,11-14,17H2,(H,30,31). The molecule has 0 radical (unpaired) electrons. The third-order valence-electron chi connectivity index (χ3n) is 5.88. The van der Waals surface area contributed by atoms with Crippen molar-refractivity contribution in [3.63, 3.8) is 0 Å². The first-order valence-electron chi connectivity index (χ1n) is 11.0. The van der Waals surface area contributed by atoms with Crippen molar-refractivity contribution in [2.24, 2.45) is 0 Å². The number of carbonyl (C=O) groups is 1. The Balaban J connectivity index is 1.33. The molecule has 6 heteroatoms. The van der Waals surface area contributed by atoms with Gasteiger partial charge in [0.15, 0.2) is 0 Å². The molecule has 1 saturated carbocycles. The molecule has 0 spiro atoms. The quantitative estimate of drug-likeness (QED) is 0.606. The molecule has 162 valence electrons. The van der Waals surface area contributed by atoms with E-state index in [9.17, 15) is 4.79 Å². The van der Waals surface area contributed by atoms with Gasteiger partial charge < -0.3 is 10.1 Å². The first-order chi connectivity index (χ1) is 15.7. The highest BCUT2D eigenvalue weighted by Crippen LogP contribution is 2.29. The summed E-state index contributed by atoms with van der Waals surface area (Å²) < 4.78 is 5.90. The average molecular weight is 427 g/mol. The normalized spacial score (nSPS) is 18.0. The van der Waals surface area contributed by atoms with E-state index in [1.54, 1.807) is 0 Å². The van der Waals surface area contributed by atoms with Crippen LogP contribution in [0.4, 0.5) is 0 Å². The van der Waals surface area contributed by atoms with E-state index in [4.69, 9.17) is 10.00 Å². The summed E-state index contributed by atoms with van der Waals surface area (Å²) in [7, 11) is 0. The Kier molecular flexibility index (Phi) is 7.08. The number of hydrogen-bond donors (Lipinski definition) is 1. The van der Waals surface area contributed by atoms with Gasteiger partial charge in [-0.05, 0) is 36.8 Å². The predicted octanol–water partition coefficient (Wildman–Crippen LogP) is 4.38. The second kappa shape index (κ2) is 10.5. The topological polar surface area (TPSA) is 87.9 Å². The molecule has 6 nitrogen and oxygen atoms in total. The molecular formula is C26H26N4O2. The van der Waals surface area contributed by atoms with Gasteiger partial charge in [-0.15, -0.1) is 0 Å². The van der Waals surface area contributed by atoms with Gasteiger partial charge in [0, 0.05) is 30.8 Å². The Morgan fingerprint density at radius 1 is 0.969 bits per heavy atom. The van der Waals surface area contributed by atoms with Crippen molar-refractivity contribution < 1.29 is 9.53 Å². The van der Waals surface area contributed by atoms with E-state index in [1.807, 2.05) is 42.5 Å². The summed E-state index contributed by atoms with van der Waals surface area (Å²) in [6.07, 6.45) is 6.66. The van der Waals surface area contributed by atoms with Crippen LogP contribution in [-0.2, 0) is 4.79 Å². The molecule has 1 aromatic heterocycles. The molecule has 0 unspecified atom stereocenters. The third-order valence-corrected chi connectivity index (χ3v) is 5.88. The van der Waals surface area contributed by atoms with E-state index in [0.717, 1.165) is 36.8 Å². The Morgan fingerprint density at radius 3 is 2.16 bits per heavy atom. The van der Waals surface area contributed by atoms with Gasteiger partial charge in [-0.3, -0.25) is 4.79 Å². The van der Waals surface area contributed by atoms with Gasteiger partial charge in [-0.2, -0.15) is 5.26 Å². The summed E-state index contributed by atoms with van der Waals surface area (Å²) in [6.45, 7) is 0. The molecule has 1 fully saturated rings. The molecule has 1 aliphatic rings. The van der Waals surface area contributed by atoms with Crippen molar-refractivity contribution in [2.45, 2.75) is 50.2 Å². The van der Waals surface area contributed by atoms with Crippen LogP contribution in [0.15, 0.2) is 73.1 Å². The number of nitriles is 1. The first-order valence-corrected chi connectivity index (χ1v) is 11.0. The zero-order chi connectivity index (χ0) is 22.2. The summed E-state index contributed by atoms with van der Waals surface area (Å²) in [5, 5.41) is 12.4. The average Bonchev–Trinajstić information content (AvgIpc) is 2.85. The molecular weight excluding hydrogens is 400 g/mol. The number of ether oxygens (including phenoxy) is 1. The maximum absolute atomic E-state index is 12.9. The Labute approximate surface area is 188 Å². The van der Waals surface area contributed by atoms with Crippen molar-refractivity contribution in [3.05, 3.63) is 89.9 Å². The second-order valence-corrected chi connectivity index (χ2v) is 8.06. The van der Waals surface area contributed by atoms with Crippen molar-refractivity contribution in [1.82, 2.24) is 15.3 Å². The fourth-order valence-corrected chi connectivity index (χ4v) is 4.24. The largest absolute Gasteiger partial charge is 0.472 e. The van der Waals surface area contributed by atoms with Gasteiger partial charge in [-0.1, -0.05) is 60.7 Å². The highest BCUT2D eigenvalue weighted by Gasteiger charge is 2.26. The van der Waals surface area contributed by atoms with E-state index < -0.39 is 0 Å².